The molecule has 0 aromatic heterocycles. The van der Waals surface area contributed by atoms with E-state index in [1.165, 1.54) is 4.90 Å². The van der Waals surface area contributed by atoms with Crippen molar-refractivity contribution >= 4 is 17.4 Å². The normalized spacial score (nSPS) is 20.0. The largest absolute Gasteiger partial charge is 0.366 e. The molecule has 4 heteroatoms. The van der Waals surface area contributed by atoms with Crippen LogP contribution in [0.5, 0.6) is 0 Å². The van der Waals surface area contributed by atoms with Crippen LogP contribution in [0.15, 0.2) is 30.0 Å². The van der Waals surface area contributed by atoms with E-state index in [2.05, 4.69) is 11.8 Å². The number of hydrogen-bond donors (Lipinski definition) is 0. The highest BCUT2D eigenvalue weighted by atomic mass is 16.2. The van der Waals surface area contributed by atoms with Crippen molar-refractivity contribution in [2.24, 2.45) is 5.92 Å². The Labute approximate surface area is 137 Å². The SMILES string of the molecule is CCN1C(=O)C(c2ccc(C)cc2)=C(N2CCC(C)CC2)C1=O. The first-order chi connectivity index (χ1) is 11.0. The van der Waals surface area contributed by atoms with Crippen LogP contribution < -0.4 is 0 Å². The third kappa shape index (κ3) is 2.78. The number of imide groups is 1. The van der Waals surface area contributed by atoms with Gasteiger partial charge in [-0.15, -0.1) is 0 Å². The van der Waals surface area contributed by atoms with Crippen LogP contribution in [0.1, 0.15) is 37.8 Å². The zero-order chi connectivity index (χ0) is 16.6. The Morgan fingerprint density at radius 2 is 1.65 bits per heavy atom. The number of carbonyl (C=O) groups is 2. The molecule has 122 valence electrons. The minimum absolute atomic E-state index is 0.136. The number of nitrogens with zero attached hydrogens (tertiary/aromatic N) is 2. The molecule has 23 heavy (non-hydrogen) atoms. The molecule has 0 radical (unpaired) electrons. The first kappa shape index (κ1) is 15.8. The van der Waals surface area contributed by atoms with Crippen LogP contribution in [0.3, 0.4) is 0 Å². The quantitative estimate of drug-likeness (QED) is 0.806. The monoisotopic (exact) mass is 312 g/mol. The number of carbonyl (C=O) groups excluding carboxylic acids is 2. The first-order valence-electron chi connectivity index (χ1n) is 8.45. The molecule has 0 aliphatic carbocycles. The van der Waals surface area contributed by atoms with Crippen LogP contribution in [0.4, 0.5) is 0 Å². The number of rotatable bonds is 3. The van der Waals surface area contributed by atoms with Crippen molar-refractivity contribution in [3.8, 4) is 0 Å². The highest BCUT2D eigenvalue weighted by Crippen LogP contribution is 2.33. The fourth-order valence-corrected chi connectivity index (χ4v) is 3.36. The van der Waals surface area contributed by atoms with Gasteiger partial charge in [-0.1, -0.05) is 36.8 Å². The van der Waals surface area contributed by atoms with Gasteiger partial charge in [-0.2, -0.15) is 0 Å². The molecule has 1 fully saturated rings. The van der Waals surface area contributed by atoms with Gasteiger partial charge in [-0.25, -0.2) is 0 Å². The molecule has 1 aromatic rings. The number of likely N-dealkylation sites (tertiary alicyclic amines) is 1. The van der Waals surface area contributed by atoms with Gasteiger partial charge in [-0.05, 0) is 38.2 Å². The second-order valence-electron chi connectivity index (χ2n) is 6.61. The van der Waals surface area contributed by atoms with Gasteiger partial charge in [-0.3, -0.25) is 14.5 Å². The molecule has 4 nitrogen and oxygen atoms in total. The van der Waals surface area contributed by atoms with E-state index in [9.17, 15) is 9.59 Å². The second kappa shape index (κ2) is 6.19. The van der Waals surface area contributed by atoms with Crippen molar-refractivity contribution in [1.29, 1.82) is 0 Å². The number of likely N-dealkylation sites (N-methyl/N-ethyl adjacent to an activating group) is 1. The average Bonchev–Trinajstić information content (AvgIpc) is 2.79. The van der Waals surface area contributed by atoms with Crippen LogP contribution >= 0.6 is 0 Å². The van der Waals surface area contributed by atoms with Gasteiger partial charge in [0.25, 0.3) is 11.8 Å². The van der Waals surface area contributed by atoms with Crippen LogP contribution in [-0.4, -0.2) is 41.2 Å². The average molecular weight is 312 g/mol. The smallest absolute Gasteiger partial charge is 0.277 e. The maximum absolute atomic E-state index is 12.8. The third-order valence-electron chi connectivity index (χ3n) is 4.90. The molecular weight excluding hydrogens is 288 g/mol. The molecule has 1 saturated heterocycles. The summed E-state index contributed by atoms with van der Waals surface area (Å²) < 4.78 is 0. The van der Waals surface area contributed by atoms with Crippen LogP contribution in [0, 0.1) is 12.8 Å². The minimum atomic E-state index is -0.157. The van der Waals surface area contributed by atoms with Gasteiger partial charge < -0.3 is 4.90 Å². The molecule has 2 heterocycles. The van der Waals surface area contributed by atoms with Crippen molar-refractivity contribution in [3.63, 3.8) is 0 Å². The number of aryl methyl sites for hydroxylation is 1. The third-order valence-corrected chi connectivity index (χ3v) is 4.90. The summed E-state index contributed by atoms with van der Waals surface area (Å²) in [4.78, 5) is 29.0. The van der Waals surface area contributed by atoms with Gasteiger partial charge in [0.2, 0.25) is 0 Å². The standard InChI is InChI=1S/C19H24N2O2/c1-4-21-18(22)16(15-7-5-13(2)6-8-15)17(19(21)23)20-11-9-14(3)10-12-20/h5-8,14H,4,9-12H2,1-3H3. The predicted molar refractivity (Wildman–Crippen MR) is 90.5 cm³/mol. The number of amides is 2. The summed E-state index contributed by atoms with van der Waals surface area (Å²) in [5.74, 6) is 0.391. The second-order valence-corrected chi connectivity index (χ2v) is 6.61. The molecule has 0 bridgehead atoms. The van der Waals surface area contributed by atoms with E-state index in [1.807, 2.05) is 38.1 Å². The lowest BCUT2D eigenvalue weighted by atomic mass is 9.97. The highest BCUT2D eigenvalue weighted by molar-refractivity contribution is 6.35. The Kier molecular flexibility index (Phi) is 4.24. The topological polar surface area (TPSA) is 40.6 Å². The maximum Gasteiger partial charge on any atom is 0.277 e. The summed E-state index contributed by atoms with van der Waals surface area (Å²) >= 11 is 0. The van der Waals surface area contributed by atoms with E-state index in [4.69, 9.17) is 0 Å². The molecule has 2 aliphatic heterocycles. The molecule has 0 unspecified atom stereocenters. The van der Waals surface area contributed by atoms with E-state index in [0.717, 1.165) is 37.1 Å². The molecule has 1 aromatic carbocycles. The van der Waals surface area contributed by atoms with Crippen molar-refractivity contribution in [3.05, 3.63) is 41.1 Å². The zero-order valence-corrected chi connectivity index (χ0v) is 14.1. The summed E-state index contributed by atoms with van der Waals surface area (Å²) in [6, 6.07) is 7.87. The first-order valence-corrected chi connectivity index (χ1v) is 8.45. The molecule has 0 atom stereocenters. The van der Waals surface area contributed by atoms with Gasteiger partial charge in [0.05, 0.1) is 5.57 Å². The van der Waals surface area contributed by atoms with E-state index in [1.54, 1.807) is 0 Å². The summed E-state index contributed by atoms with van der Waals surface area (Å²) in [6.45, 7) is 8.23. The van der Waals surface area contributed by atoms with E-state index in [-0.39, 0.29) is 11.8 Å². The highest BCUT2D eigenvalue weighted by Gasteiger charge is 2.41. The Bertz CT molecular complexity index is 652. The van der Waals surface area contributed by atoms with Gasteiger partial charge in [0.1, 0.15) is 5.70 Å². The van der Waals surface area contributed by atoms with Crippen LogP contribution in [0.25, 0.3) is 5.57 Å². The van der Waals surface area contributed by atoms with E-state index >= 15 is 0 Å². The summed E-state index contributed by atoms with van der Waals surface area (Å²) in [6.07, 6.45) is 2.14. The lowest BCUT2D eigenvalue weighted by Crippen LogP contribution is -2.38. The molecular formula is C19H24N2O2. The van der Waals surface area contributed by atoms with Gasteiger partial charge in [0.15, 0.2) is 0 Å². The van der Waals surface area contributed by atoms with Crippen molar-refractivity contribution < 1.29 is 9.59 Å². The summed E-state index contributed by atoms with van der Waals surface area (Å²) in [7, 11) is 0. The lowest BCUT2D eigenvalue weighted by Gasteiger charge is -2.32. The fourth-order valence-electron chi connectivity index (χ4n) is 3.36. The number of hydrogen-bond acceptors (Lipinski definition) is 3. The van der Waals surface area contributed by atoms with Crippen molar-refractivity contribution in [2.45, 2.75) is 33.6 Å². The Morgan fingerprint density at radius 3 is 2.22 bits per heavy atom. The van der Waals surface area contributed by atoms with Crippen LogP contribution in [0.2, 0.25) is 0 Å². The fraction of sp³-hybridized carbons (Fsp3) is 0.474. The molecule has 3 rings (SSSR count). The minimum Gasteiger partial charge on any atom is -0.366 e. The van der Waals surface area contributed by atoms with E-state index < -0.39 is 0 Å². The Morgan fingerprint density at radius 1 is 1.04 bits per heavy atom. The molecule has 0 spiro atoms. The van der Waals surface area contributed by atoms with Crippen molar-refractivity contribution in [2.75, 3.05) is 19.6 Å². The lowest BCUT2D eigenvalue weighted by molar-refractivity contribution is -0.137. The molecule has 0 saturated carbocycles. The van der Waals surface area contributed by atoms with Gasteiger partial charge >= 0.3 is 0 Å². The molecule has 0 N–H and O–H groups in total. The summed E-state index contributed by atoms with van der Waals surface area (Å²) in [5.41, 5.74) is 3.17. The Hall–Kier alpha value is -2.10. The number of piperidine rings is 1. The number of benzene rings is 1. The van der Waals surface area contributed by atoms with E-state index in [0.29, 0.717) is 23.7 Å². The van der Waals surface area contributed by atoms with Gasteiger partial charge in [0, 0.05) is 19.6 Å². The summed E-state index contributed by atoms with van der Waals surface area (Å²) in [5, 5.41) is 0. The molecule has 2 amide bonds. The van der Waals surface area contributed by atoms with Crippen molar-refractivity contribution in [1.82, 2.24) is 9.80 Å². The predicted octanol–water partition coefficient (Wildman–Crippen LogP) is 2.83. The van der Waals surface area contributed by atoms with Crippen LogP contribution in [-0.2, 0) is 9.59 Å². The Balaban J connectivity index is 2.05. The molecule has 2 aliphatic rings. The maximum atomic E-state index is 12.8. The zero-order valence-electron chi connectivity index (χ0n) is 14.1.